The highest BCUT2D eigenvalue weighted by Crippen LogP contribution is 2.37. The predicted molar refractivity (Wildman–Crippen MR) is 159 cm³/mol. The lowest BCUT2D eigenvalue weighted by molar-refractivity contribution is 0.0285. The summed E-state index contributed by atoms with van der Waals surface area (Å²) in [6.07, 6.45) is 4.76. The first-order valence-corrected chi connectivity index (χ1v) is 13.4. The van der Waals surface area contributed by atoms with Crippen molar-refractivity contribution in [3.8, 4) is 17.2 Å². The number of hydrogen-bond acceptors (Lipinski definition) is 8. The molecule has 9 heteroatoms. The number of aliphatic hydroxyl groups is 1. The fourth-order valence-corrected chi connectivity index (χ4v) is 4.63. The number of halogens is 1. The Labute approximate surface area is 241 Å². The van der Waals surface area contributed by atoms with E-state index in [0.717, 1.165) is 5.56 Å². The molecule has 2 N–H and O–H groups in total. The number of rotatable bonds is 8. The van der Waals surface area contributed by atoms with Crippen LogP contribution in [0.4, 0.5) is 21.6 Å². The fraction of sp³-hybridized carbons (Fsp3) is 0.152. The van der Waals surface area contributed by atoms with Crippen LogP contribution in [0.3, 0.4) is 0 Å². The first-order valence-electron chi connectivity index (χ1n) is 13.4. The molecule has 2 aromatic heterocycles. The molecular weight excluding hydrogens is 535 g/mol. The molecule has 5 aromatic rings. The molecule has 6 rings (SSSR count). The monoisotopic (exact) mass is 562 g/mol. The summed E-state index contributed by atoms with van der Waals surface area (Å²) < 4.78 is 26.9. The number of benzene rings is 3. The van der Waals surface area contributed by atoms with Crippen molar-refractivity contribution in [2.75, 3.05) is 11.9 Å². The molecule has 0 fully saturated rings. The maximum atomic E-state index is 15.3. The van der Waals surface area contributed by atoms with Crippen LogP contribution < -0.4 is 14.8 Å². The number of nitrogens with one attached hydrogen (secondary N) is 1. The van der Waals surface area contributed by atoms with Gasteiger partial charge in [-0.1, -0.05) is 30.3 Å². The van der Waals surface area contributed by atoms with E-state index < -0.39 is 17.3 Å². The maximum absolute atomic E-state index is 15.3. The number of pyridine rings is 2. The highest BCUT2D eigenvalue weighted by atomic mass is 19.1. The van der Waals surface area contributed by atoms with E-state index in [9.17, 15) is 9.90 Å². The molecule has 42 heavy (non-hydrogen) atoms. The third-order valence-corrected chi connectivity index (χ3v) is 6.66. The lowest BCUT2D eigenvalue weighted by Gasteiger charge is -2.20. The van der Waals surface area contributed by atoms with Crippen LogP contribution in [0.15, 0.2) is 96.2 Å². The molecule has 210 valence electrons. The Hall–Kier alpha value is -5.15. The molecule has 0 radical (unpaired) electrons. The minimum atomic E-state index is -0.976. The van der Waals surface area contributed by atoms with Gasteiger partial charge in [0.25, 0.3) is 0 Å². The van der Waals surface area contributed by atoms with Crippen molar-refractivity contribution in [1.29, 1.82) is 0 Å². The van der Waals surface area contributed by atoms with Gasteiger partial charge in [-0.25, -0.2) is 9.37 Å². The van der Waals surface area contributed by atoms with E-state index in [-0.39, 0.29) is 18.1 Å². The van der Waals surface area contributed by atoms with Crippen molar-refractivity contribution < 1.29 is 23.8 Å². The Balaban J connectivity index is 1.22. The smallest absolute Gasteiger partial charge is 0.181 e. The summed E-state index contributed by atoms with van der Waals surface area (Å²) in [6, 6.07) is 22.4. The van der Waals surface area contributed by atoms with Crippen LogP contribution in [0.5, 0.6) is 17.2 Å². The van der Waals surface area contributed by atoms with E-state index in [1.807, 2.05) is 30.3 Å². The summed E-state index contributed by atoms with van der Waals surface area (Å²) in [5.41, 5.74) is 1.71. The average molecular weight is 563 g/mol. The Bertz CT molecular complexity index is 1820. The summed E-state index contributed by atoms with van der Waals surface area (Å²) in [4.78, 5) is 26.7. The predicted octanol–water partition coefficient (Wildman–Crippen LogP) is 7.14. The lowest BCUT2D eigenvalue weighted by Crippen LogP contribution is -2.27. The minimum absolute atomic E-state index is 0.0169. The summed E-state index contributed by atoms with van der Waals surface area (Å²) in [6.45, 7) is 3.44. The Morgan fingerprint density at radius 3 is 2.55 bits per heavy atom. The van der Waals surface area contributed by atoms with Gasteiger partial charge in [0.2, 0.25) is 0 Å². The zero-order chi connectivity index (χ0) is 29.3. The molecule has 3 aromatic carbocycles. The zero-order valence-electron chi connectivity index (χ0n) is 22.9. The molecular formula is C33H27FN4O4. The van der Waals surface area contributed by atoms with E-state index in [1.54, 1.807) is 68.9 Å². The van der Waals surface area contributed by atoms with Crippen molar-refractivity contribution >= 4 is 40.1 Å². The number of aliphatic imine (C=N–C) groups is 1. The van der Waals surface area contributed by atoms with Gasteiger partial charge >= 0.3 is 0 Å². The molecule has 0 saturated heterocycles. The van der Waals surface area contributed by atoms with Gasteiger partial charge in [-0.15, -0.1) is 0 Å². The van der Waals surface area contributed by atoms with Crippen LogP contribution in [0.1, 0.15) is 35.7 Å². The fourth-order valence-electron chi connectivity index (χ4n) is 4.63. The molecule has 1 aliphatic rings. The summed E-state index contributed by atoms with van der Waals surface area (Å²) in [5, 5.41) is 13.7. The first-order chi connectivity index (χ1) is 20.2. The topological polar surface area (TPSA) is 106 Å². The molecule has 0 saturated carbocycles. The quantitative estimate of drug-likeness (QED) is 0.207. The Morgan fingerprint density at radius 2 is 1.76 bits per heavy atom. The van der Waals surface area contributed by atoms with Crippen molar-refractivity contribution in [2.45, 2.75) is 25.4 Å². The average Bonchev–Trinajstić information content (AvgIpc) is 2.98. The SMILES string of the molecule is CC(C)(O)COc1ccc2c(Oc3ccc(Nc4nccc5c4C(=O)C(c4ccccc4)C=N5)cc3F)ccnc2c1. The number of anilines is 2. The van der Waals surface area contributed by atoms with Gasteiger partial charge in [0.1, 0.15) is 23.9 Å². The summed E-state index contributed by atoms with van der Waals surface area (Å²) in [5.74, 6) is 0.00574. The lowest BCUT2D eigenvalue weighted by atomic mass is 9.89. The van der Waals surface area contributed by atoms with Crippen molar-refractivity contribution in [3.63, 3.8) is 0 Å². The van der Waals surface area contributed by atoms with Gasteiger partial charge in [-0.2, -0.15) is 0 Å². The second-order valence-corrected chi connectivity index (χ2v) is 10.5. The summed E-state index contributed by atoms with van der Waals surface area (Å²) in [7, 11) is 0. The Kier molecular flexibility index (Phi) is 7.10. The van der Waals surface area contributed by atoms with E-state index in [0.29, 0.717) is 45.2 Å². The normalized spacial score (nSPS) is 14.5. The van der Waals surface area contributed by atoms with Gasteiger partial charge in [0.05, 0.1) is 28.3 Å². The molecule has 1 atom stereocenters. The van der Waals surface area contributed by atoms with Crippen molar-refractivity contribution in [1.82, 2.24) is 9.97 Å². The van der Waals surface area contributed by atoms with E-state index in [4.69, 9.17) is 9.47 Å². The van der Waals surface area contributed by atoms with E-state index >= 15 is 4.39 Å². The van der Waals surface area contributed by atoms with Crippen molar-refractivity contribution in [3.05, 3.63) is 108 Å². The summed E-state index contributed by atoms with van der Waals surface area (Å²) >= 11 is 0. The molecule has 1 aliphatic heterocycles. The number of carbonyl (C=O) groups excluding carboxylic acids is 1. The van der Waals surface area contributed by atoms with Crippen LogP contribution in [-0.2, 0) is 0 Å². The molecule has 0 spiro atoms. The third-order valence-electron chi connectivity index (χ3n) is 6.66. The van der Waals surface area contributed by atoms with E-state index in [1.165, 1.54) is 12.1 Å². The molecule has 8 nitrogen and oxygen atoms in total. The van der Waals surface area contributed by atoms with E-state index in [2.05, 4.69) is 20.3 Å². The van der Waals surface area contributed by atoms with Gasteiger partial charge in [0, 0.05) is 41.8 Å². The number of aromatic nitrogens is 2. The number of fused-ring (bicyclic) bond motifs is 2. The molecule has 3 heterocycles. The largest absolute Gasteiger partial charge is 0.491 e. The first kappa shape index (κ1) is 27.0. The Morgan fingerprint density at radius 1 is 0.952 bits per heavy atom. The number of hydrogen-bond donors (Lipinski definition) is 2. The number of Topliss-reactive ketones (excluding diaryl/α,β-unsaturated/α-hetero) is 1. The molecule has 0 aliphatic carbocycles. The van der Waals surface area contributed by atoms with Crippen LogP contribution in [-0.4, -0.2) is 39.3 Å². The second-order valence-electron chi connectivity index (χ2n) is 10.5. The van der Waals surface area contributed by atoms with Crippen LogP contribution in [0, 0.1) is 5.82 Å². The molecule has 1 unspecified atom stereocenters. The second kappa shape index (κ2) is 11.0. The van der Waals surface area contributed by atoms with Crippen molar-refractivity contribution in [2.24, 2.45) is 4.99 Å². The maximum Gasteiger partial charge on any atom is 0.181 e. The number of ketones is 1. The van der Waals surface area contributed by atoms with Gasteiger partial charge in [-0.3, -0.25) is 14.8 Å². The van der Waals surface area contributed by atoms with Crippen LogP contribution in [0.25, 0.3) is 10.9 Å². The highest BCUT2D eigenvalue weighted by molar-refractivity contribution is 6.18. The number of nitrogens with zero attached hydrogens (tertiary/aromatic N) is 3. The standard InChI is InChI=1S/C33H27FN4O4/c1-33(2,40)19-41-22-9-10-23-27(17-22)35-15-13-28(23)42-29-11-8-21(16-25(29)34)38-32-30-26(12-14-36-32)37-18-24(31(30)39)20-6-4-3-5-7-20/h3-18,24,40H,19H2,1-2H3,(H,36,38). The van der Waals surface area contributed by atoms with Gasteiger partial charge in [-0.05, 0) is 55.8 Å². The van der Waals surface area contributed by atoms with Gasteiger partial charge in [0.15, 0.2) is 17.3 Å². The van der Waals surface area contributed by atoms with Crippen LogP contribution >= 0.6 is 0 Å². The minimum Gasteiger partial charge on any atom is -0.491 e. The zero-order valence-corrected chi connectivity index (χ0v) is 22.9. The van der Waals surface area contributed by atoms with Gasteiger partial charge < -0.3 is 19.9 Å². The van der Waals surface area contributed by atoms with Crippen LogP contribution in [0.2, 0.25) is 0 Å². The third kappa shape index (κ3) is 5.68. The highest BCUT2D eigenvalue weighted by Gasteiger charge is 2.29. The molecule has 0 amide bonds. The number of ether oxygens (including phenoxy) is 2. The molecule has 0 bridgehead atoms. The number of carbonyl (C=O) groups is 1.